The third-order valence-electron chi connectivity index (χ3n) is 4.19. The molecule has 1 fully saturated rings. The molecular weight excluding hydrogens is 246 g/mol. The van der Waals surface area contributed by atoms with Crippen molar-refractivity contribution >= 4 is 11.9 Å². The first-order valence-electron chi connectivity index (χ1n) is 6.68. The Hall–Kier alpha value is -1.85. The van der Waals surface area contributed by atoms with Crippen LogP contribution >= 0.6 is 0 Å². The lowest BCUT2D eigenvalue weighted by molar-refractivity contribution is -0.152. The number of carboxylic acid groups (broad SMARTS) is 1. The molecule has 6 heteroatoms. The highest BCUT2D eigenvalue weighted by molar-refractivity contribution is 5.84. The Morgan fingerprint density at radius 2 is 2.26 bits per heavy atom. The van der Waals surface area contributed by atoms with Crippen LogP contribution in [0.15, 0.2) is 6.33 Å². The van der Waals surface area contributed by atoms with Crippen LogP contribution in [0.3, 0.4) is 0 Å². The van der Waals surface area contributed by atoms with E-state index in [2.05, 4.69) is 9.97 Å². The van der Waals surface area contributed by atoms with E-state index < -0.39 is 12.0 Å². The highest BCUT2D eigenvalue weighted by Crippen LogP contribution is 2.31. The lowest BCUT2D eigenvalue weighted by Gasteiger charge is -2.34. The van der Waals surface area contributed by atoms with E-state index in [1.165, 1.54) is 11.3 Å². The van der Waals surface area contributed by atoms with Gasteiger partial charge in [-0.3, -0.25) is 4.79 Å². The van der Waals surface area contributed by atoms with Crippen molar-refractivity contribution in [1.82, 2.24) is 14.9 Å². The molecular formula is C13H17N3O3. The molecule has 0 aromatic carbocycles. The van der Waals surface area contributed by atoms with Crippen molar-refractivity contribution in [3.8, 4) is 0 Å². The van der Waals surface area contributed by atoms with E-state index in [9.17, 15) is 14.7 Å². The van der Waals surface area contributed by atoms with Crippen LogP contribution in [0.2, 0.25) is 0 Å². The topological polar surface area (TPSA) is 86.3 Å². The minimum absolute atomic E-state index is 0.0441. The summed E-state index contributed by atoms with van der Waals surface area (Å²) in [5.74, 6) is -0.543. The van der Waals surface area contributed by atoms with E-state index in [0.29, 0.717) is 25.3 Å². The van der Waals surface area contributed by atoms with Crippen molar-refractivity contribution in [2.24, 2.45) is 5.92 Å². The third kappa shape index (κ3) is 2.22. The second-order valence-electron chi connectivity index (χ2n) is 5.41. The lowest BCUT2D eigenvalue weighted by Crippen LogP contribution is -2.49. The quantitative estimate of drug-likeness (QED) is 0.849. The average molecular weight is 263 g/mol. The number of carbonyl (C=O) groups is 2. The zero-order chi connectivity index (χ0) is 13.4. The molecule has 1 atom stereocenters. The van der Waals surface area contributed by atoms with E-state index >= 15 is 0 Å². The Morgan fingerprint density at radius 3 is 2.89 bits per heavy atom. The molecule has 19 heavy (non-hydrogen) atoms. The van der Waals surface area contributed by atoms with Gasteiger partial charge < -0.3 is 15.0 Å². The van der Waals surface area contributed by atoms with Crippen LogP contribution in [0.4, 0.5) is 0 Å². The van der Waals surface area contributed by atoms with E-state index in [0.717, 1.165) is 24.2 Å². The summed E-state index contributed by atoms with van der Waals surface area (Å²) in [6.45, 7) is 0.331. The predicted molar refractivity (Wildman–Crippen MR) is 66.2 cm³/mol. The van der Waals surface area contributed by atoms with Gasteiger partial charge in [0.1, 0.15) is 6.04 Å². The number of hydrogen-bond acceptors (Lipinski definition) is 3. The summed E-state index contributed by atoms with van der Waals surface area (Å²) in [6.07, 6.45) is 5.70. The molecule has 1 unspecified atom stereocenters. The molecule has 1 aliphatic carbocycles. The van der Waals surface area contributed by atoms with Crippen molar-refractivity contribution < 1.29 is 14.7 Å². The molecule has 2 heterocycles. The molecule has 0 radical (unpaired) electrons. The van der Waals surface area contributed by atoms with Gasteiger partial charge in [-0.15, -0.1) is 0 Å². The van der Waals surface area contributed by atoms with E-state index in [1.807, 2.05) is 0 Å². The Balaban J connectivity index is 1.77. The highest BCUT2D eigenvalue weighted by Gasteiger charge is 2.36. The van der Waals surface area contributed by atoms with Gasteiger partial charge in [-0.1, -0.05) is 6.42 Å². The fraction of sp³-hybridized carbons (Fsp3) is 0.615. The fourth-order valence-electron chi connectivity index (χ4n) is 2.78. The number of nitrogens with zero attached hydrogens (tertiary/aromatic N) is 2. The Kier molecular flexibility index (Phi) is 3.00. The average Bonchev–Trinajstić information content (AvgIpc) is 2.78. The van der Waals surface area contributed by atoms with Gasteiger partial charge in [-0.25, -0.2) is 9.78 Å². The molecule has 0 spiro atoms. The number of aliphatic carboxylic acids is 1. The van der Waals surface area contributed by atoms with Gasteiger partial charge in [0.05, 0.1) is 24.3 Å². The molecule has 1 aliphatic heterocycles. The number of hydrogen-bond donors (Lipinski definition) is 2. The van der Waals surface area contributed by atoms with Crippen molar-refractivity contribution in [2.45, 2.75) is 44.7 Å². The van der Waals surface area contributed by atoms with Gasteiger partial charge >= 0.3 is 5.97 Å². The van der Waals surface area contributed by atoms with Gasteiger partial charge in [0.25, 0.3) is 0 Å². The number of amides is 1. The number of rotatable bonds is 3. The standard InChI is InChI=1S/C13H17N3O3/c17-12(4-8-2-1-3-8)16-6-10-9(14-7-15-10)5-11(16)13(18)19/h7-8,11H,1-6H2,(H,14,15)(H,18,19). The van der Waals surface area contributed by atoms with Gasteiger partial charge in [0.2, 0.25) is 5.91 Å². The number of H-pyrrole nitrogens is 1. The van der Waals surface area contributed by atoms with Gasteiger partial charge in [0.15, 0.2) is 0 Å². The molecule has 0 saturated heterocycles. The van der Waals surface area contributed by atoms with Crippen molar-refractivity contribution in [3.63, 3.8) is 0 Å². The molecule has 3 rings (SSSR count). The first-order chi connectivity index (χ1) is 9.15. The molecule has 102 valence electrons. The maximum absolute atomic E-state index is 12.3. The smallest absolute Gasteiger partial charge is 0.326 e. The van der Waals surface area contributed by atoms with Crippen molar-refractivity contribution in [2.75, 3.05) is 0 Å². The summed E-state index contributed by atoms with van der Waals surface area (Å²) in [6, 6.07) is -0.775. The maximum Gasteiger partial charge on any atom is 0.326 e. The number of aromatic amines is 1. The molecule has 1 aromatic heterocycles. The monoisotopic (exact) mass is 263 g/mol. The zero-order valence-electron chi connectivity index (χ0n) is 10.6. The minimum atomic E-state index is -0.949. The van der Waals surface area contributed by atoms with Crippen LogP contribution in [0.25, 0.3) is 0 Å². The number of carbonyl (C=O) groups excluding carboxylic acids is 1. The zero-order valence-corrected chi connectivity index (χ0v) is 10.6. The summed E-state index contributed by atoms with van der Waals surface area (Å²) in [5.41, 5.74) is 1.62. The molecule has 0 bridgehead atoms. The first kappa shape index (κ1) is 12.2. The number of nitrogens with one attached hydrogen (secondary N) is 1. The Morgan fingerprint density at radius 1 is 1.47 bits per heavy atom. The van der Waals surface area contributed by atoms with Gasteiger partial charge in [0, 0.05) is 12.8 Å². The number of imidazole rings is 1. The molecule has 2 aliphatic rings. The molecule has 1 aromatic rings. The predicted octanol–water partition coefficient (Wildman–Crippen LogP) is 0.938. The van der Waals surface area contributed by atoms with Crippen LogP contribution in [0.1, 0.15) is 37.1 Å². The SMILES string of the molecule is O=C(O)C1Cc2nc[nH]c2CN1C(=O)CC1CCC1. The molecule has 1 saturated carbocycles. The Bertz CT molecular complexity index is 507. The summed E-state index contributed by atoms with van der Waals surface area (Å²) in [7, 11) is 0. The lowest BCUT2D eigenvalue weighted by atomic mass is 9.82. The van der Waals surface area contributed by atoms with Crippen molar-refractivity contribution in [3.05, 3.63) is 17.7 Å². The summed E-state index contributed by atoms with van der Waals surface area (Å²) >= 11 is 0. The molecule has 1 amide bonds. The number of carboxylic acids is 1. The second-order valence-corrected chi connectivity index (χ2v) is 5.41. The second kappa shape index (κ2) is 4.68. The summed E-state index contributed by atoms with van der Waals surface area (Å²) in [5, 5.41) is 9.29. The first-order valence-corrected chi connectivity index (χ1v) is 6.68. The van der Waals surface area contributed by atoms with Crippen LogP contribution in [-0.2, 0) is 22.6 Å². The van der Waals surface area contributed by atoms with E-state index in [4.69, 9.17) is 0 Å². The Labute approximate surface area is 110 Å². The van der Waals surface area contributed by atoms with E-state index in [1.54, 1.807) is 6.33 Å². The van der Waals surface area contributed by atoms with Crippen LogP contribution in [-0.4, -0.2) is 37.9 Å². The highest BCUT2D eigenvalue weighted by atomic mass is 16.4. The summed E-state index contributed by atoms with van der Waals surface area (Å²) < 4.78 is 0. The number of aromatic nitrogens is 2. The van der Waals surface area contributed by atoms with Crippen LogP contribution < -0.4 is 0 Å². The fourth-order valence-corrected chi connectivity index (χ4v) is 2.78. The molecule has 6 nitrogen and oxygen atoms in total. The summed E-state index contributed by atoms with van der Waals surface area (Å²) in [4.78, 5) is 32.2. The van der Waals surface area contributed by atoms with E-state index in [-0.39, 0.29) is 5.91 Å². The largest absolute Gasteiger partial charge is 0.480 e. The third-order valence-corrected chi connectivity index (χ3v) is 4.19. The van der Waals surface area contributed by atoms with Crippen LogP contribution in [0.5, 0.6) is 0 Å². The minimum Gasteiger partial charge on any atom is -0.480 e. The van der Waals surface area contributed by atoms with Crippen molar-refractivity contribution in [1.29, 1.82) is 0 Å². The normalized spacial score (nSPS) is 22.7. The maximum atomic E-state index is 12.3. The number of fused-ring (bicyclic) bond motifs is 1. The molecule has 2 N–H and O–H groups in total. The van der Waals surface area contributed by atoms with Gasteiger partial charge in [-0.2, -0.15) is 0 Å². The van der Waals surface area contributed by atoms with Gasteiger partial charge in [-0.05, 0) is 18.8 Å². The van der Waals surface area contributed by atoms with Crippen LogP contribution in [0, 0.1) is 5.92 Å².